The van der Waals surface area contributed by atoms with Gasteiger partial charge in [-0.25, -0.2) is 4.39 Å². The molecule has 27 heavy (non-hydrogen) atoms. The second-order valence-corrected chi connectivity index (χ2v) is 7.79. The summed E-state index contributed by atoms with van der Waals surface area (Å²) in [5.74, 6) is -0.139. The highest BCUT2D eigenvalue weighted by atomic mass is 32.2. The zero-order valence-electron chi connectivity index (χ0n) is 15.6. The minimum absolute atomic E-state index is 0.370. The van der Waals surface area contributed by atoms with Gasteiger partial charge < -0.3 is 19.6 Å². The number of hydrogen-bond donors (Lipinski definition) is 1. The number of ether oxygens (including phenoxy) is 1. The molecule has 1 amide bonds. The summed E-state index contributed by atoms with van der Waals surface area (Å²) >= 11 is 1.18. The lowest BCUT2D eigenvalue weighted by Gasteiger charge is -2.26. The first-order valence-electron chi connectivity index (χ1n) is 8.65. The molecule has 2 aromatic rings. The largest absolute Gasteiger partial charge is 0.497 e. The maximum Gasteiger partial charge on any atom is 0.257 e. The lowest BCUT2D eigenvalue weighted by Crippen LogP contribution is -2.43. The van der Waals surface area contributed by atoms with Crippen molar-refractivity contribution in [3.63, 3.8) is 0 Å². The van der Waals surface area contributed by atoms with Gasteiger partial charge in [-0.05, 0) is 43.9 Å². The van der Waals surface area contributed by atoms with Crippen molar-refractivity contribution in [3.8, 4) is 5.75 Å². The molecule has 0 spiro atoms. The average molecular weight is 390 g/mol. The number of halogens is 1. The van der Waals surface area contributed by atoms with Crippen LogP contribution < -0.4 is 9.64 Å². The number of rotatable bonds is 5. The van der Waals surface area contributed by atoms with Crippen molar-refractivity contribution >= 4 is 23.4 Å². The van der Waals surface area contributed by atoms with Gasteiger partial charge >= 0.3 is 0 Å². The minimum Gasteiger partial charge on any atom is -0.497 e. The number of carbonyl (C=O) groups is 1. The van der Waals surface area contributed by atoms with Crippen LogP contribution in [0.2, 0.25) is 0 Å². The van der Waals surface area contributed by atoms with Crippen molar-refractivity contribution in [1.82, 2.24) is 4.90 Å². The fourth-order valence-electron chi connectivity index (χ4n) is 3.00. The first kappa shape index (κ1) is 19.7. The number of amides is 1. The number of methoxy groups -OCH3 is 1. The Morgan fingerprint density at radius 3 is 2.56 bits per heavy atom. The van der Waals surface area contributed by atoms with Gasteiger partial charge in [0.2, 0.25) is 0 Å². The van der Waals surface area contributed by atoms with Crippen LogP contribution >= 0.6 is 11.8 Å². The number of hydrogen-bond acceptors (Lipinski definition) is 5. The molecule has 2 unspecified atom stereocenters. The highest BCUT2D eigenvalue weighted by Crippen LogP contribution is 2.46. The van der Waals surface area contributed by atoms with Gasteiger partial charge in [0.15, 0.2) is 0 Å². The minimum atomic E-state index is -1.28. The summed E-state index contributed by atoms with van der Waals surface area (Å²) in [6.45, 7) is 0.974. The Bertz CT molecular complexity index is 813. The van der Waals surface area contributed by atoms with Gasteiger partial charge in [-0.3, -0.25) is 4.79 Å². The van der Waals surface area contributed by atoms with Gasteiger partial charge in [0, 0.05) is 13.1 Å². The maximum absolute atomic E-state index is 14.6. The van der Waals surface area contributed by atoms with Crippen LogP contribution in [0, 0.1) is 5.82 Å². The summed E-state index contributed by atoms with van der Waals surface area (Å²) in [4.78, 5) is 16.8. The van der Waals surface area contributed by atoms with Crippen molar-refractivity contribution in [2.24, 2.45) is 0 Å². The Morgan fingerprint density at radius 2 is 1.93 bits per heavy atom. The average Bonchev–Trinajstić information content (AvgIpc) is 2.76. The number of anilines is 1. The van der Waals surface area contributed by atoms with E-state index in [9.17, 15) is 14.3 Å². The van der Waals surface area contributed by atoms with Crippen molar-refractivity contribution in [1.29, 1.82) is 0 Å². The first-order valence-corrected chi connectivity index (χ1v) is 9.53. The van der Waals surface area contributed by atoms with Crippen LogP contribution in [0.4, 0.5) is 10.1 Å². The Balaban J connectivity index is 2.02. The Morgan fingerprint density at radius 1 is 1.22 bits per heavy atom. The van der Waals surface area contributed by atoms with Crippen LogP contribution in [-0.4, -0.2) is 56.3 Å². The van der Waals surface area contributed by atoms with E-state index in [2.05, 4.69) is 0 Å². The quantitative estimate of drug-likeness (QED) is 0.851. The highest BCUT2D eigenvalue weighted by molar-refractivity contribution is 7.99. The molecule has 0 bridgehead atoms. The lowest BCUT2D eigenvalue weighted by atomic mass is 10.1. The maximum atomic E-state index is 14.6. The predicted molar refractivity (Wildman–Crippen MR) is 105 cm³/mol. The van der Waals surface area contributed by atoms with Crippen LogP contribution in [0.1, 0.15) is 10.8 Å². The summed E-state index contributed by atoms with van der Waals surface area (Å²) in [7, 11) is 5.38. The third-order valence-corrected chi connectivity index (χ3v) is 5.93. The van der Waals surface area contributed by atoms with Crippen molar-refractivity contribution < 1.29 is 19.0 Å². The first-order chi connectivity index (χ1) is 12.9. The molecule has 0 aromatic heterocycles. The Hall–Kier alpha value is -2.09. The van der Waals surface area contributed by atoms with E-state index in [-0.39, 0.29) is 0 Å². The molecule has 0 fully saturated rings. The molecule has 0 aliphatic carbocycles. The summed E-state index contributed by atoms with van der Waals surface area (Å²) in [5, 5.41) is 10.2. The molecule has 1 heterocycles. The second-order valence-electron chi connectivity index (χ2n) is 6.64. The molecule has 0 saturated heterocycles. The van der Waals surface area contributed by atoms with Gasteiger partial charge in [0.25, 0.3) is 5.91 Å². The molecule has 1 aliphatic rings. The van der Waals surface area contributed by atoms with Gasteiger partial charge in [-0.2, -0.15) is 0 Å². The van der Waals surface area contributed by atoms with E-state index in [1.807, 2.05) is 19.0 Å². The van der Waals surface area contributed by atoms with Crippen LogP contribution in [0.15, 0.2) is 47.4 Å². The van der Waals surface area contributed by atoms with Gasteiger partial charge in [0.05, 0.1) is 22.9 Å². The van der Waals surface area contributed by atoms with Crippen molar-refractivity contribution in [3.05, 3.63) is 53.8 Å². The van der Waals surface area contributed by atoms with Gasteiger partial charge in [-0.1, -0.05) is 18.2 Å². The van der Waals surface area contributed by atoms with E-state index in [0.717, 1.165) is 5.56 Å². The normalized spacial score (nSPS) is 19.8. The fourth-order valence-corrected chi connectivity index (χ4v) is 4.27. The smallest absolute Gasteiger partial charge is 0.257 e. The van der Waals surface area contributed by atoms with E-state index in [0.29, 0.717) is 29.4 Å². The zero-order chi connectivity index (χ0) is 19.6. The molecule has 3 rings (SSSR count). The monoisotopic (exact) mass is 390 g/mol. The number of fused-ring (bicyclic) bond motifs is 1. The van der Waals surface area contributed by atoms with E-state index in [1.165, 1.54) is 22.7 Å². The number of benzene rings is 2. The van der Waals surface area contributed by atoms with E-state index < -0.39 is 23.1 Å². The molecule has 2 atom stereocenters. The van der Waals surface area contributed by atoms with Crippen LogP contribution in [0.25, 0.3) is 0 Å². The SMILES string of the molecule is COc1ccc(C2Sc3c(F)cccc3N(CCN(C)C)C(=O)C2O)cc1. The van der Waals surface area contributed by atoms with E-state index >= 15 is 0 Å². The molecule has 1 aliphatic heterocycles. The Kier molecular flexibility index (Phi) is 6.04. The Labute approximate surface area is 162 Å². The summed E-state index contributed by atoms with van der Waals surface area (Å²) in [6.07, 6.45) is -1.28. The molecule has 144 valence electrons. The van der Waals surface area contributed by atoms with E-state index in [1.54, 1.807) is 43.5 Å². The molecule has 2 aromatic carbocycles. The molecular formula is C20H23FN2O3S. The van der Waals surface area contributed by atoms with Crippen molar-refractivity contribution in [2.75, 3.05) is 39.2 Å². The standard InChI is InChI=1S/C20H23FN2O3S/c1-22(2)11-12-23-16-6-4-5-15(21)19(16)27-18(17(24)20(23)25)13-7-9-14(26-3)10-8-13/h4-10,17-18,24H,11-12H2,1-3H3. The summed E-state index contributed by atoms with van der Waals surface area (Å²) in [5.41, 5.74) is 1.24. The fraction of sp³-hybridized carbons (Fsp3) is 0.350. The molecule has 1 N–H and O–H groups in total. The highest BCUT2D eigenvalue weighted by Gasteiger charge is 2.38. The van der Waals surface area contributed by atoms with Crippen molar-refractivity contribution in [2.45, 2.75) is 16.2 Å². The van der Waals surface area contributed by atoms with Crippen LogP contribution in [0.3, 0.4) is 0 Å². The second kappa shape index (κ2) is 8.29. The number of likely N-dealkylation sites (N-methyl/N-ethyl adjacent to an activating group) is 1. The molecular weight excluding hydrogens is 367 g/mol. The molecule has 0 saturated carbocycles. The molecule has 7 heteroatoms. The number of aliphatic hydroxyl groups excluding tert-OH is 1. The number of nitrogens with zero attached hydrogens (tertiary/aromatic N) is 2. The summed E-state index contributed by atoms with van der Waals surface area (Å²) in [6, 6.07) is 11.8. The summed E-state index contributed by atoms with van der Waals surface area (Å²) < 4.78 is 19.8. The number of carbonyl (C=O) groups excluding carboxylic acids is 1. The third kappa shape index (κ3) is 4.10. The number of thioether (sulfide) groups is 1. The number of aliphatic hydroxyl groups is 1. The molecule has 5 nitrogen and oxygen atoms in total. The lowest BCUT2D eigenvalue weighted by molar-refractivity contribution is -0.126. The predicted octanol–water partition coefficient (Wildman–Crippen LogP) is 2.94. The molecule has 0 radical (unpaired) electrons. The third-order valence-electron chi connectivity index (χ3n) is 4.50. The zero-order valence-corrected chi connectivity index (χ0v) is 16.4. The van der Waals surface area contributed by atoms with Gasteiger partial charge in [-0.15, -0.1) is 11.8 Å². The topological polar surface area (TPSA) is 53.0 Å². The van der Waals surface area contributed by atoms with Gasteiger partial charge in [0.1, 0.15) is 17.7 Å². The van der Waals surface area contributed by atoms with Crippen LogP contribution in [0.5, 0.6) is 5.75 Å². The van der Waals surface area contributed by atoms with Crippen LogP contribution in [-0.2, 0) is 4.79 Å². The van der Waals surface area contributed by atoms with E-state index in [4.69, 9.17) is 4.74 Å².